The largest absolute Gasteiger partial charge is 0.351 e. The van der Waals surface area contributed by atoms with Crippen molar-refractivity contribution >= 4 is 5.91 Å². The second-order valence-corrected chi connectivity index (χ2v) is 4.71. The fourth-order valence-corrected chi connectivity index (χ4v) is 2.23. The molecular weight excluding hydrogens is 228 g/mol. The summed E-state index contributed by atoms with van der Waals surface area (Å²) in [6, 6.07) is 3.72. The molecule has 1 aliphatic rings. The fraction of sp³-hybridized carbons (Fsp3) is 0.615. The van der Waals surface area contributed by atoms with E-state index in [1.54, 1.807) is 0 Å². The number of amides is 1. The van der Waals surface area contributed by atoms with E-state index in [9.17, 15) is 4.79 Å². The molecule has 5 nitrogen and oxygen atoms in total. The summed E-state index contributed by atoms with van der Waals surface area (Å²) in [5.74, 6) is 0.0165. The molecule has 1 saturated heterocycles. The third kappa shape index (κ3) is 3.58. The normalized spacial score (nSPS) is 16.7. The quantitative estimate of drug-likeness (QED) is 0.726. The molecule has 1 aromatic heterocycles. The lowest BCUT2D eigenvalue weighted by molar-refractivity contribution is 0.0943. The van der Waals surface area contributed by atoms with Gasteiger partial charge in [0.15, 0.2) is 0 Å². The number of aryl methyl sites for hydroxylation is 1. The number of rotatable bonds is 5. The Hall–Kier alpha value is -1.33. The predicted molar refractivity (Wildman–Crippen MR) is 71.7 cm³/mol. The molecule has 5 heteroatoms. The average Bonchev–Trinajstić information content (AvgIpc) is 2.82. The fourth-order valence-electron chi connectivity index (χ4n) is 2.23. The molecule has 0 aliphatic carbocycles. The molecule has 0 unspecified atom stereocenters. The van der Waals surface area contributed by atoms with Crippen molar-refractivity contribution in [3.8, 4) is 0 Å². The average molecular weight is 250 g/mol. The molecule has 1 amide bonds. The van der Waals surface area contributed by atoms with Crippen LogP contribution in [0.25, 0.3) is 0 Å². The summed E-state index contributed by atoms with van der Waals surface area (Å²) >= 11 is 0. The molecule has 0 bridgehead atoms. The van der Waals surface area contributed by atoms with Crippen molar-refractivity contribution in [1.29, 1.82) is 0 Å². The second kappa shape index (κ2) is 6.56. The smallest absolute Gasteiger partial charge is 0.267 e. The minimum atomic E-state index is 0.0165. The molecule has 0 saturated carbocycles. The van der Waals surface area contributed by atoms with Crippen LogP contribution in [-0.2, 0) is 7.05 Å². The molecule has 0 radical (unpaired) electrons. The van der Waals surface area contributed by atoms with Crippen molar-refractivity contribution in [2.45, 2.75) is 6.42 Å². The first-order valence-corrected chi connectivity index (χ1v) is 6.60. The number of carbonyl (C=O) groups excluding carboxylic acids is 1. The van der Waals surface area contributed by atoms with Crippen molar-refractivity contribution < 1.29 is 4.79 Å². The molecule has 1 aliphatic heterocycles. The highest BCUT2D eigenvalue weighted by Gasteiger charge is 2.10. The van der Waals surface area contributed by atoms with Crippen LogP contribution in [0.2, 0.25) is 0 Å². The van der Waals surface area contributed by atoms with Gasteiger partial charge in [0.25, 0.3) is 5.91 Å². The van der Waals surface area contributed by atoms with Crippen molar-refractivity contribution in [3.63, 3.8) is 0 Å². The van der Waals surface area contributed by atoms with E-state index in [1.807, 2.05) is 29.9 Å². The van der Waals surface area contributed by atoms with Gasteiger partial charge in [-0.05, 0) is 25.1 Å². The minimum Gasteiger partial charge on any atom is -0.351 e. The Kier molecular flexibility index (Phi) is 4.78. The molecule has 0 spiro atoms. The standard InChI is InChI=1S/C13H22N4O/c1-16-8-2-4-12(16)13(18)15-5-3-9-17-10-6-14-7-11-17/h2,4,8,14H,3,5-7,9-11H2,1H3,(H,15,18). The zero-order chi connectivity index (χ0) is 12.8. The highest BCUT2D eigenvalue weighted by atomic mass is 16.1. The molecule has 0 aromatic carbocycles. The summed E-state index contributed by atoms with van der Waals surface area (Å²) < 4.78 is 1.84. The van der Waals surface area contributed by atoms with Crippen LogP contribution in [0.3, 0.4) is 0 Å². The van der Waals surface area contributed by atoms with Crippen molar-refractivity contribution in [2.75, 3.05) is 39.3 Å². The Morgan fingerprint density at radius 1 is 1.44 bits per heavy atom. The first-order chi connectivity index (χ1) is 8.77. The van der Waals surface area contributed by atoms with Crippen LogP contribution in [0.15, 0.2) is 18.3 Å². The Morgan fingerprint density at radius 3 is 2.89 bits per heavy atom. The third-order valence-electron chi connectivity index (χ3n) is 3.32. The van der Waals surface area contributed by atoms with E-state index < -0.39 is 0 Å². The molecule has 18 heavy (non-hydrogen) atoms. The van der Waals surface area contributed by atoms with Crippen LogP contribution in [-0.4, -0.2) is 54.6 Å². The summed E-state index contributed by atoms with van der Waals surface area (Å²) in [6.45, 7) is 6.20. The van der Waals surface area contributed by atoms with Crippen LogP contribution in [0.1, 0.15) is 16.9 Å². The maximum absolute atomic E-state index is 11.8. The predicted octanol–water partition coefficient (Wildman–Crippen LogP) is 0.0502. The molecule has 2 N–H and O–H groups in total. The zero-order valence-electron chi connectivity index (χ0n) is 11.0. The van der Waals surface area contributed by atoms with Gasteiger partial charge in [0, 0.05) is 46.0 Å². The van der Waals surface area contributed by atoms with E-state index in [0.717, 1.165) is 51.4 Å². The van der Waals surface area contributed by atoms with Crippen LogP contribution in [0.4, 0.5) is 0 Å². The molecule has 2 heterocycles. The van der Waals surface area contributed by atoms with Crippen molar-refractivity contribution in [1.82, 2.24) is 20.1 Å². The van der Waals surface area contributed by atoms with Gasteiger partial charge in [-0.3, -0.25) is 4.79 Å². The lowest BCUT2D eigenvalue weighted by atomic mass is 10.3. The maximum Gasteiger partial charge on any atom is 0.267 e. The SMILES string of the molecule is Cn1cccc1C(=O)NCCCN1CCNCC1. The number of piperazine rings is 1. The summed E-state index contributed by atoms with van der Waals surface area (Å²) in [6.07, 6.45) is 2.89. The first-order valence-electron chi connectivity index (χ1n) is 6.60. The Bertz CT molecular complexity index is 382. The van der Waals surface area contributed by atoms with Crippen LogP contribution < -0.4 is 10.6 Å². The lowest BCUT2D eigenvalue weighted by Gasteiger charge is -2.27. The maximum atomic E-state index is 11.8. The number of nitrogens with zero attached hydrogens (tertiary/aromatic N) is 2. The van der Waals surface area contributed by atoms with Gasteiger partial charge >= 0.3 is 0 Å². The second-order valence-electron chi connectivity index (χ2n) is 4.71. The van der Waals surface area contributed by atoms with Crippen LogP contribution in [0, 0.1) is 0 Å². The van der Waals surface area contributed by atoms with Gasteiger partial charge < -0.3 is 20.1 Å². The molecule has 100 valence electrons. The van der Waals surface area contributed by atoms with E-state index in [2.05, 4.69) is 15.5 Å². The van der Waals surface area contributed by atoms with E-state index in [4.69, 9.17) is 0 Å². The topological polar surface area (TPSA) is 49.3 Å². The van der Waals surface area contributed by atoms with Gasteiger partial charge in [-0.1, -0.05) is 0 Å². The third-order valence-corrected chi connectivity index (χ3v) is 3.32. The van der Waals surface area contributed by atoms with Gasteiger partial charge in [0.2, 0.25) is 0 Å². The van der Waals surface area contributed by atoms with Crippen molar-refractivity contribution in [3.05, 3.63) is 24.0 Å². The van der Waals surface area contributed by atoms with Crippen LogP contribution >= 0.6 is 0 Å². The molecule has 1 fully saturated rings. The number of carbonyl (C=O) groups is 1. The summed E-state index contributed by atoms with van der Waals surface area (Å²) in [7, 11) is 1.88. The molecular formula is C13H22N4O. The zero-order valence-corrected chi connectivity index (χ0v) is 11.0. The lowest BCUT2D eigenvalue weighted by Crippen LogP contribution is -2.44. The summed E-state index contributed by atoms with van der Waals surface area (Å²) in [4.78, 5) is 14.3. The van der Waals surface area contributed by atoms with Gasteiger partial charge in [-0.15, -0.1) is 0 Å². The highest BCUT2D eigenvalue weighted by molar-refractivity contribution is 5.92. The molecule has 2 rings (SSSR count). The van der Waals surface area contributed by atoms with Crippen LogP contribution in [0.5, 0.6) is 0 Å². The minimum absolute atomic E-state index is 0.0165. The van der Waals surface area contributed by atoms with E-state index in [1.165, 1.54) is 0 Å². The van der Waals surface area contributed by atoms with Gasteiger partial charge in [-0.2, -0.15) is 0 Å². The van der Waals surface area contributed by atoms with E-state index in [0.29, 0.717) is 0 Å². The monoisotopic (exact) mass is 250 g/mol. The van der Waals surface area contributed by atoms with Crippen molar-refractivity contribution in [2.24, 2.45) is 7.05 Å². The number of nitrogens with one attached hydrogen (secondary N) is 2. The summed E-state index contributed by atoms with van der Waals surface area (Å²) in [5.41, 5.74) is 0.720. The Morgan fingerprint density at radius 2 is 2.22 bits per heavy atom. The van der Waals surface area contributed by atoms with E-state index in [-0.39, 0.29) is 5.91 Å². The van der Waals surface area contributed by atoms with Gasteiger partial charge in [0.05, 0.1) is 0 Å². The number of hydrogen-bond acceptors (Lipinski definition) is 3. The Balaban J connectivity index is 1.63. The molecule has 1 aromatic rings. The van der Waals surface area contributed by atoms with Gasteiger partial charge in [-0.25, -0.2) is 0 Å². The Labute approximate surface area is 108 Å². The number of hydrogen-bond donors (Lipinski definition) is 2. The first kappa shape index (κ1) is 13.1. The van der Waals surface area contributed by atoms with E-state index >= 15 is 0 Å². The highest BCUT2D eigenvalue weighted by Crippen LogP contribution is 1.99. The molecule has 0 atom stereocenters. The number of aromatic nitrogens is 1. The summed E-state index contributed by atoms with van der Waals surface area (Å²) in [5, 5.41) is 6.30. The van der Waals surface area contributed by atoms with Gasteiger partial charge in [0.1, 0.15) is 5.69 Å².